The average molecular weight is 401 g/mol. The molecule has 0 saturated carbocycles. The first-order chi connectivity index (χ1) is 14.5. The smallest absolute Gasteiger partial charge is 0.337 e. The Hall–Kier alpha value is -4.06. The average Bonchev–Trinajstić information content (AvgIpc) is 2.78. The quantitative estimate of drug-likeness (QED) is 0.393. The van der Waals surface area contributed by atoms with Crippen molar-refractivity contribution >= 4 is 22.6 Å². The minimum absolute atomic E-state index is 0.127. The molecule has 2 N–H and O–H groups in total. The largest absolute Gasteiger partial charge is 0.489 e. The van der Waals surface area contributed by atoms with Crippen LogP contribution in [-0.4, -0.2) is 13.1 Å². The summed E-state index contributed by atoms with van der Waals surface area (Å²) in [6.07, 6.45) is 1.44. The van der Waals surface area contributed by atoms with Crippen LogP contribution < -0.4 is 15.9 Å². The maximum absolute atomic E-state index is 12.9. The third kappa shape index (κ3) is 3.89. The standard InChI is InChI=1S/C24H19NO5/c1-28-24(27)17-4-2-3-15(11-17)13-29-19-9-10-20-22(12-19)30-14-21(23(20)26)16-5-7-18(25)8-6-16/h2-12,14H,13,25H2,1H3. The van der Waals surface area contributed by atoms with Crippen molar-refractivity contribution < 1.29 is 18.7 Å². The van der Waals surface area contributed by atoms with Crippen LogP contribution in [0.3, 0.4) is 0 Å². The number of carbonyl (C=O) groups excluding carboxylic acids is 1. The number of nitrogens with two attached hydrogens (primary N) is 1. The first-order valence-electron chi connectivity index (χ1n) is 9.26. The van der Waals surface area contributed by atoms with Crippen LogP contribution in [0.1, 0.15) is 15.9 Å². The summed E-state index contributed by atoms with van der Waals surface area (Å²) in [6.45, 7) is 0.254. The highest BCUT2D eigenvalue weighted by molar-refractivity contribution is 5.89. The second-order valence-electron chi connectivity index (χ2n) is 6.74. The van der Waals surface area contributed by atoms with Crippen LogP contribution in [0.5, 0.6) is 5.75 Å². The molecule has 0 saturated heterocycles. The fourth-order valence-corrected chi connectivity index (χ4v) is 3.13. The highest BCUT2D eigenvalue weighted by Crippen LogP contribution is 2.24. The van der Waals surface area contributed by atoms with Gasteiger partial charge in [0.1, 0.15) is 24.2 Å². The van der Waals surface area contributed by atoms with E-state index >= 15 is 0 Å². The Morgan fingerprint density at radius 2 is 1.83 bits per heavy atom. The molecule has 4 rings (SSSR count). The second-order valence-corrected chi connectivity index (χ2v) is 6.74. The van der Waals surface area contributed by atoms with Crippen molar-refractivity contribution in [1.29, 1.82) is 0 Å². The van der Waals surface area contributed by atoms with Crippen molar-refractivity contribution in [2.24, 2.45) is 0 Å². The second kappa shape index (κ2) is 8.13. The van der Waals surface area contributed by atoms with Crippen molar-refractivity contribution in [3.63, 3.8) is 0 Å². The van der Waals surface area contributed by atoms with Crippen LogP contribution in [0, 0.1) is 0 Å². The molecule has 0 aliphatic rings. The molecule has 6 heteroatoms. The van der Waals surface area contributed by atoms with E-state index in [1.165, 1.54) is 13.4 Å². The minimum Gasteiger partial charge on any atom is -0.489 e. The molecule has 4 aromatic rings. The Kier molecular flexibility index (Phi) is 5.22. The number of anilines is 1. The predicted octanol–water partition coefficient (Wildman–Crippen LogP) is 4.41. The van der Waals surface area contributed by atoms with Crippen molar-refractivity contribution in [2.75, 3.05) is 12.8 Å². The summed E-state index contributed by atoms with van der Waals surface area (Å²) in [7, 11) is 1.34. The van der Waals surface area contributed by atoms with E-state index in [1.54, 1.807) is 60.7 Å². The molecule has 3 aromatic carbocycles. The molecule has 0 bridgehead atoms. The maximum Gasteiger partial charge on any atom is 0.337 e. The number of carbonyl (C=O) groups is 1. The van der Waals surface area contributed by atoms with Crippen LogP contribution in [0.2, 0.25) is 0 Å². The normalized spacial score (nSPS) is 10.7. The van der Waals surface area contributed by atoms with E-state index in [0.717, 1.165) is 11.1 Å². The SMILES string of the molecule is COC(=O)c1cccc(COc2ccc3c(=O)c(-c4ccc(N)cc4)coc3c2)c1. The summed E-state index contributed by atoms with van der Waals surface area (Å²) < 4.78 is 16.2. The Morgan fingerprint density at radius 3 is 2.60 bits per heavy atom. The molecule has 0 fully saturated rings. The third-order valence-electron chi connectivity index (χ3n) is 4.72. The van der Waals surface area contributed by atoms with Crippen LogP contribution in [0.4, 0.5) is 5.69 Å². The zero-order valence-electron chi connectivity index (χ0n) is 16.3. The van der Waals surface area contributed by atoms with Gasteiger partial charge in [-0.15, -0.1) is 0 Å². The number of hydrogen-bond acceptors (Lipinski definition) is 6. The van der Waals surface area contributed by atoms with Gasteiger partial charge in [-0.2, -0.15) is 0 Å². The van der Waals surface area contributed by atoms with Crippen LogP contribution in [0.25, 0.3) is 22.1 Å². The topological polar surface area (TPSA) is 91.8 Å². The van der Waals surface area contributed by atoms with Crippen LogP contribution in [0.15, 0.2) is 82.2 Å². The predicted molar refractivity (Wildman–Crippen MR) is 114 cm³/mol. The van der Waals surface area contributed by atoms with Gasteiger partial charge in [0.2, 0.25) is 0 Å². The fraction of sp³-hybridized carbons (Fsp3) is 0.0833. The summed E-state index contributed by atoms with van der Waals surface area (Å²) in [6, 6.07) is 19.1. The van der Waals surface area contributed by atoms with Crippen molar-refractivity contribution in [2.45, 2.75) is 6.61 Å². The molecule has 0 unspecified atom stereocenters. The van der Waals surface area contributed by atoms with E-state index in [0.29, 0.717) is 33.5 Å². The number of esters is 1. The van der Waals surface area contributed by atoms with Gasteiger partial charge in [-0.3, -0.25) is 4.79 Å². The Labute approximate surface area is 172 Å². The third-order valence-corrected chi connectivity index (χ3v) is 4.72. The molecule has 0 aliphatic carbocycles. The van der Waals surface area contributed by atoms with Crippen LogP contribution in [-0.2, 0) is 11.3 Å². The molecule has 0 aliphatic heterocycles. The zero-order chi connectivity index (χ0) is 21.1. The highest BCUT2D eigenvalue weighted by Gasteiger charge is 2.11. The van der Waals surface area contributed by atoms with Gasteiger partial charge in [0.25, 0.3) is 0 Å². The Balaban J connectivity index is 1.57. The van der Waals surface area contributed by atoms with E-state index in [9.17, 15) is 9.59 Å². The maximum atomic E-state index is 12.9. The fourth-order valence-electron chi connectivity index (χ4n) is 3.13. The van der Waals surface area contributed by atoms with Crippen molar-refractivity contribution in [3.8, 4) is 16.9 Å². The zero-order valence-corrected chi connectivity index (χ0v) is 16.3. The molecule has 0 amide bonds. The van der Waals surface area contributed by atoms with Gasteiger partial charge < -0.3 is 19.6 Å². The van der Waals surface area contributed by atoms with Crippen molar-refractivity contribution in [1.82, 2.24) is 0 Å². The van der Waals surface area contributed by atoms with Gasteiger partial charge in [-0.25, -0.2) is 4.79 Å². The highest BCUT2D eigenvalue weighted by atomic mass is 16.5. The van der Waals surface area contributed by atoms with Crippen LogP contribution >= 0.6 is 0 Å². The number of methoxy groups -OCH3 is 1. The molecule has 150 valence electrons. The molecular formula is C24H19NO5. The lowest BCUT2D eigenvalue weighted by Crippen LogP contribution is -2.05. The lowest BCUT2D eigenvalue weighted by molar-refractivity contribution is 0.0600. The first-order valence-corrected chi connectivity index (χ1v) is 9.26. The Morgan fingerprint density at radius 1 is 1.03 bits per heavy atom. The molecule has 0 atom stereocenters. The number of benzene rings is 3. The number of fused-ring (bicyclic) bond motifs is 1. The van der Waals surface area contributed by atoms with Gasteiger partial charge in [0, 0.05) is 11.8 Å². The summed E-state index contributed by atoms with van der Waals surface area (Å²) in [4.78, 5) is 24.5. The Bertz CT molecular complexity index is 1280. The monoisotopic (exact) mass is 401 g/mol. The number of ether oxygens (including phenoxy) is 2. The molecule has 30 heavy (non-hydrogen) atoms. The van der Waals surface area contributed by atoms with Gasteiger partial charge in [-0.1, -0.05) is 24.3 Å². The molecule has 1 aromatic heterocycles. The number of rotatable bonds is 5. The van der Waals surface area contributed by atoms with E-state index in [2.05, 4.69) is 0 Å². The number of hydrogen-bond donors (Lipinski definition) is 1. The molecule has 0 spiro atoms. The number of nitrogen functional groups attached to an aromatic ring is 1. The molecule has 6 nitrogen and oxygen atoms in total. The molecule has 0 radical (unpaired) electrons. The lowest BCUT2D eigenvalue weighted by atomic mass is 10.1. The summed E-state index contributed by atoms with van der Waals surface area (Å²) in [5.74, 6) is 0.149. The van der Waals surface area contributed by atoms with Crippen molar-refractivity contribution in [3.05, 3.63) is 94.3 Å². The minimum atomic E-state index is -0.402. The van der Waals surface area contributed by atoms with E-state index in [-0.39, 0.29) is 12.0 Å². The van der Waals surface area contributed by atoms with Gasteiger partial charge in [0.05, 0.1) is 23.6 Å². The summed E-state index contributed by atoms with van der Waals surface area (Å²) in [5, 5.41) is 0.462. The lowest BCUT2D eigenvalue weighted by Gasteiger charge is -2.09. The van der Waals surface area contributed by atoms with E-state index < -0.39 is 5.97 Å². The van der Waals surface area contributed by atoms with E-state index in [4.69, 9.17) is 19.6 Å². The van der Waals surface area contributed by atoms with Gasteiger partial charge in [-0.05, 0) is 47.5 Å². The van der Waals surface area contributed by atoms with Gasteiger partial charge >= 0.3 is 5.97 Å². The summed E-state index contributed by atoms with van der Waals surface area (Å²) in [5.41, 5.74) is 9.13. The van der Waals surface area contributed by atoms with Gasteiger partial charge in [0.15, 0.2) is 5.43 Å². The molecule has 1 heterocycles. The molecular weight excluding hydrogens is 382 g/mol. The first kappa shape index (κ1) is 19.3. The summed E-state index contributed by atoms with van der Waals surface area (Å²) >= 11 is 0. The van der Waals surface area contributed by atoms with E-state index in [1.807, 2.05) is 6.07 Å².